The van der Waals surface area contributed by atoms with Crippen LogP contribution in [0.5, 0.6) is 0 Å². The molecule has 0 aliphatic rings. The van der Waals surface area contributed by atoms with Gasteiger partial charge in [0.1, 0.15) is 0 Å². The lowest BCUT2D eigenvalue weighted by Gasteiger charge is -2.16. The van der Waals surface area contributed by atoms with Crippen molar-refractivity contribution in [1.29, 1.82) is 0 Å². The summed E-state index contributed by atoms with van der Waals surface area (Å²) in [6.45, 7) is 3.92. The second-order valence-corrected chi connectivity index (χ2v) is 5.22. The van der Waals surface area contributed by atoms with E-state index in [2.05, 4.69) is 28.3 Å². The molecule has 0 saturated heterocycles. The van der Waals surface area contributed by atoms with Crippen molar-refractivity contribution in [2.45, 2.75) is 25.8 Å². The molecule has 4 heteroatoms. The van der Waals surface area contributed by atoms with E-state index in [0.29, 0.717) is 11.7 Å². The molecule has 0 radical (unpaired) electrons. The Labute approximate surface area is 117 Å². The van der Waals surface area contributed by atoms with Crippen LogP contribution in [0.1, 0.15) is 26.1 Å². The first-order valence-corrected chi connectivity index (χ1v) is 6.73. The lowest BCUT2D eigenvalue weighted by atomic mass is 10.00. The Morgan fingerprint density at radius 2 is 1.90 bits per heavy atom. The van der Waals surface area contributed by atoms with Gasteiger partial charge in [0, 0.05) is 5.56 Å². The quantitative estimate of drug-likeness (QED) is 0.789. The molecule has 0 aliphatic carbocycles. The van der Waals surface area contributed by atoms with Gasteiger partial charge in [-0.3, -0.25) is 0 Å². The third-order valence-electron chi connectivity index (χ3n) is 3.69. The lowest BCUT2D eigenvalue weighted by molar-refractivity contribution is 0.379. The van der Waals surface area contributed by atoms with Crippen LogP contribution < -0.4 is 5.73 Å². The van der Waals surface area contributed by atoms with Gasteiger partial charge < -0.3 is 10.3 Å². The predicted octanol–water partition coefficient (Wildman–Crippen LogP) is 3.47. The normalized spacial score (nSPS) is 14.3. The summed E-state index contributed by atoms with van der Waals surface area (Å²) in [4.78, 5) is 4.47. The summed E-state index contributed by atoms with van der Waals surface area (Å²) >= 11 is 0. The number of aromatic nitrogens is 2. The van der Waals surface area contributed by atoms with Gasteiger partial charge in [0.15, 0.2) is 5.82 Å². The predicted molar refractivity (Wildman–Crippen MR) is 79.1 cm³/mol. The topological polar surface area (TPSA) is 64.9 Å². The molecular weight excluding hydrogens is 250 g/mol. The number of benzene rings is 2. The molecule has 0 bridgehead atoms. The molecule has 1 unspecified atom stereocenters. The Morgan fingerprint density at radius 3 is 2.70 bits per heavy atom. The number of nitrogens with two attached hydrogens (primary N) is 1. The van der Waals surface area contributed by atoms with Gasteiger partial charge in [-0.15, -0.1) is 0 Å². The van der Waals surface area contributed by atoms with Gasteiger partial charge in [-0.1, -0.05) is 48.5 Å². The molecule has 0 saturated carbocycles. The van der Waals surface area contributed by atoms with Crippen LogP contribution in [0.2, 0.25) is 0 Å². The second-order valence-electron chi connectivity index (χ2n) is 5.22. The molecule has 0 amide bonds. The first-order chi connectivity index (χ1) is 9.62. The zero-order chi connectivity index (χ0) is 14.2. The Balaban J connectivity index is 2.13. The number of hydrogen-bond acceptors (Lipinski definition) is 4. The molecule has 1 heterocycles. The number of rotatable bonds is 3. The maximum atomic E-state index is 6.16. The van der Waals surface area contributed by atoms with Gasteiger partial charge >= 0.3 is 0 Å². The second kappa shape index (κ2) is 4.72. The molecule has 3 rings (SSSR count). The first-order valence-electron chi connectivity index (χ1n) is 6.73. The molecule has 102 valence electrons. The van der Waals surface area contributed by atoms with E-state index in [1.807, 2.05) is 38.1 Å². The molecule has 0 aliphatic heterocycles. The van der Waals surface area contributed by atoms with Crippen LogP contribution in [-0.2, 0) is 5.54 Å². The molecule has 0 spiro atoms. The molecular formula is C16H17N3O. The van der Waals surface area contributed by atoms with E-state index in [-0.39, 0.29) is 0 Å². The molecule has 2 N–H and O–H groups in total. The zero-order valence-corrected chi connectivity index (χ0v) is 11.6. The first kappa shape index (κ1) is 12.8. The summed E-state index contributed by atoms with van der Waals surface area (Å²) in [5, 5.41) is 6.28. The minimum absolute atomic E-state index is 0.516. The van der Waals surface area contributed by atoms with Gasteiger partial charge in [-0.05, 0) is 30.2 Å². The zero-order valence-electron chi connectivity index (χ0n) is 11.6. The Hall–Kier alpha value is -2.20. The average Bonchev–Trinajstić information content (AvgIpc) is 2.97. The van der Waals surface area contributed by atoms with Crippen LogP contribution in [0, 0.1) is 0 Å². The minimum Gasteiger partial charge on any atom is -0.334 e. The molecule has 2 aromatic carbocycles. The van der Waals surface area contributed by atoms with Crippen LogP contribution in [0.3, 0.4) is 0 Å². The monoisotopic (exact) mass is 267 g/mol. The summed E-state index contributed by atoms with van der Waals surface area (Å²) in [7, 11) is 0. The van der Waals surface area contributed by atoms with Crippen molar-refractivity contribution in [3.05, 3.63) is 48.3 Å². The van der Waals surface area contributed by atoms with E-state index >= 15 is 0 Å². The Morgan fingerprint density at radius 1 is 1.15 bits per heavy atom. The number of fused-ring (bicyclic) bond motifs is 1. The van der Waals surface area contributed by atoms with Crippen LogP contribution >= 0.6 is 0 Å². The van der Waals surface area contributed by atoms with Crippen molar-refractivity contribution in [1.82, 2.24) is 10.1 Å². The molecule has 4 nitrogen and oxygen atoms in total. The lowest BCUT2D eigenvalue weighted by Crippen LogP contribution is -2.33. The number of nitrogens with zero attached hydrogens (tertiary/aromatic N) is 2. The third-order valence-corrected chi connectivity index (χ3v) is 3.69. The van der Waals surface area contributed by atoms with Gasteiger partial charge in [0.05, 0.1) is 5.54 Å². The highest BCUT2D eigenvalue weighted by atomic mass is 16.5. The van der Waals surface area contributed by atoms with Crippen molar-refractivity contribution in [3.63, 3.8) is 0 Å². The maximum absolute atomic E-state index is 6.16. The van der Waals surface area contributed by atoms with Gasteiger partial charge in [-0.25, -0.2) is 0 Å². The highest BCUT2D eigenvalue weighted by Crippen LogP contribution is 2.29. The van der Waals surface area contributed by atoms with Crippen LogP contribution in [0.25, 0.3) is 22.2 Å². The van der Waals surface area contributed by atoms with Crippen molar-refractivity contribution in [2.24, 2.45) is 5.73 Å². The highest BCUT2D eigenvalue weighted by Gasteiger charge is 2.25. The Bertz CT molecular complexity index is 741. The van der Waals surface area contributed by atoms with E-state index < -0.39 is 5.54 Å². The molecule has 1 aromatic heterocycles. The fourth-order valence-electron chi connectivity index (χ4n) is 2.13. The van der Waals surface area contributed by atoms with Crippen molar-refractivity contribution < 1.29 is 4.52 Å². The van der Waals surface area contributed by atoms with E-state index in [4.69, 9.17) is 10.3 Å². The van der Waals surface area contributed by atoms with E-state index in [9.17, 15) is 0 Å². The maximum Gasteiger partial charge on any atom is 0.258 e. The summed E-state index contributed by atoms with van der Waals surface area (Å²) in [6, 6.07) is 14.2. The summed E-state index contributed by atoms with van der Waals surface area (Å²) < 4.78 is 5.41. The standard InChI is InChI=1S/C16H17N3O/c1-3-16(2,17)15-18-14(20-19-15)13-10-6-8-11-7-4-5-9-12(11)13/h4-10H,3,17H2,1-2H3. The van der Waals surface area contributed by atoms with Crippen LogP contribution in [0.4, 0.5) is 0 Å². The van der Waals surface area contributed by atoms with Gasteiger partial charge in [0.2, 0.25) is 0 Å². The van der Waals surface area contributed by atoms with Crippen molar-refractivity contribution in [3.8, 4) is 11.5 Å². The van der Waals surface area contributed by atoms with Gasteiger partial charge in [-0.2, -0.15) is 4.98 Å². The highest BCUT2D eigenvalue weighted by molar-refractivity contribution is 5.94. The fourth-order valence-corrected chi connectivity index (χ4v) is 2.13. The van der Waals surface area contributed by atoms with Crippen LogP contribution in [-0.4, -0.2) is 10.1 Å². The molecule has 1 atom stereocenters. The summed E-state index contributed by atoms with van der Waals surface area (Å²) in [5.74, 6) is 1.06. The van der Waals surface area contributed by atoms with Crippen LogP contribution in [0.15, 0.2) is 47.0 Å². The SMILES string of the molecule is CCC(C)(N)c1noc(-c2cccc3ccccc23)n1. The molecule has 20 heavy (non-hydrogen) atoms. The Kier molecular flexibility index (Phi) is 3.03. The minimum atomic E-state index is -0.563. The largest absolute Gasteiger partial charge is 0.334 e. The summed E-state index contributed by atoms with van der Waals surface area (Å²) in [6.07, 6.45) is 0.751. The van der Waals surface area contributed by atoms with Gasteiger partial charge in [0.25, 0.3) is 5.89 Å². The third kappa shape index (κ3) is 2.08. The molecule has 3 aromatic rings. The average molecular weight is 267 g/mol. The van der Waals surface area contributed by atoms with E-state index in [0.717, 1.165) is 22.8 Å². The number of hydrogen-bond donors (Lipinski definition) is 1. The van der Waals surface area contributed by atoms with Crippen molar-refractivity contribution in [2.75, 3.05) is 0 Å². The smallest absolute Gasteiger partial charge is 0.258 e. The summed E-state index contributed by atoms with van der Waals surface area (Å²) in [5.41, 5.74) is 6.53. The fraction of sp³-hybridized carbons (Fsp3) is 0.250. The van der Waals surface area contributed by atoms with Crippen molar-refractivity contribution >= 4 is 10.8 Å². The van der Waals surface area contributed by atoms with E-state index in [1.54, 1.807) is 0 Å². The van der Waals surface area contributed by atoms with E-state index in [1.165, 1.54) is 0 Å². The molecule has 0 fully saturated rings.